The fourth-order valence-electron chi connectivity index (χ4n) is 2.50. The predicted octanol–water partition coefficient (Wildman–Crippen LogP) is 3.86. The van der Waals surface area contributed by atoms with Gasteiger partial charge in [-0.3, -0.25) is 0 Å². The molecule has 0 aliphatic carbocycles. The summed E-state index contributed by atoms with van der Waals surface area (Å²) in [6, 6.07) is 10.5. The molecule has 2 N–H and O–H groups in total. The molecule has 0 spiro atoms. The number of nitrogens with two attached hydrogens (primary N) is 1. The molecule has 0 aliphatic heterocycles. The Morgan fingerprint density at radius 3 is 2.71 bits per heavy atom. The largest absolute Gasteiger partial charge is 0.397 e. The molecule has 1 aromatic heterocycles. The minimum absolute atomic E-state index is 0.256. The lowest BCUT2D eigenvalue weighted by Gasteiger charge is -2.12. The van der Waals surface area contributed by atoms with Gasteiger partial charge in [-0.05, 0) is 25.0 Å². The van der Waals surface area contributed by atoms with Gasteiger partial charge in [-0.15, -0.1) is 0 Å². The van der Waals surface area contributed by atoms with Crippen molar-refractivity contribution in [1.82, 2.24) is 4.57 Å². The van der Waals surface area contributed by atoms with Crippen LogP contribution in [0.3, 0.4) is 0 Å². The molecule has 0 amide bonds. The standard InChI is InChI=1S/C17H20FN3/c1-2-3-4-9-17-16(20)10-14(11-19)21(17)12-13-7-5-6-8-15(13)18/h5-8,10H,2-4,9,12,20H2,1H3. The van der Waals surface area contributed by atoms with Crippen LogP contribution < -0.4 is 5.73 Å². The number of aromatic nitrogens is 1. The van der Waals surface area contributed by atoms with Crippen LogP contribution in [-0.4, -0.2) is 4.57 Å². The maximum atomic E-state index is 13.8. The van der Waals surface area contributed by atoms with E-state index in [-0.39, 0.29) is 5.82 Å². The summed E-state index contributed by atoms with van der Waals surface area (Å²) in [6.45, 7) is 2.48. The number of nitrogen functional groups attached to an aromatic ring is 1. The molecule has 21 heavy (non-hydrogen) atoms. The smallest absolute Gasteiger partial charge is 0.128 e. The quantitative estimate of drug-likeness (QED) is 0.819. The van der Waals surface area contributed by atoms with Gasteiger partial charge in [-0.1, -0.05) is 38.0 Å². The van der Waals surface area contributed by atoms with E-state index in [0.717, 1.165) is 31.4 Å². The van der Waals surface area contributed by atoms with Gasteiger partial charge in [0.25, 0.3) is 0 Å². The van der Waals surface area contributed by atoms with Gasteiger partial charge in [0.2, 0.25) is 0 Å². The Labute approximate surface area is 124 Å². The number of rotatable bonds is 6. The summed E-state index contributed by atoms with van der Waals surface area (Å²) < 4.78 is 15.7. The first-order chi connectivity index (χ1) is 10.2. The average Bonchev–Trinajstić information content (AvgIpc) is 2.78. The Kier molecular flexibility index (Phi) is 4.99. The third kappa shape index (κ3) is 3.43. The van der Waals surface area contributed by atoms with E-state index in [2.05, 4.69) is 13.0 Å². The summed E-state index contributed by atoms with van der Waals surface area (Å²) >= 11 is 0. The molecule has 0 unspecified atom stereocenters. The van der Waals surface area contributed by atoms with Crippen molar-refractivity contribution in [3.05, 3.63) is 53.1 Å². The Balaban J connectivity index is 2.32. The van der Waals surface area contributed by atoms with Crippen LogP contribution in [0.1, 0.15) is 43.1 Å². The molecule has 0 aliphatic rings. The zero-order valence-electron chi connectivity index (χ0n) is 12.3. The van der Waals surface area contributed by atoms with E-state index in [1.165, 1.54) is 6.07 Å². The van der Waals surface area contributed by atoms with Crippen LogP contribution in [0.4, 0.5) is 10.1 Å². The molecule has 0 fully saturated rings. The van der Waals surface area contributed by atoms with Gasteiger partial charge in [-0.2, -0.15) is 5.26 Å². The first kappa shape index (κ1) is 15.1. The van der Waals surface area contributed by atoms with Crippen molar-refractivity contribution >= 4 is 5.69 Å². The average molecular weight is 285 g/mol. The highest BCUT2D eigenvalue weighted by atomic mass is 19.1. The van der Waals surface area contributed by atoms with E-state index in [1.807, 2.05) is 4.57 Å². The fourth-order valence-corrected chi connectivity index (χ4v) is 2.50. The second-order valence-electron chi connectivity index (χ2n) is 5.18. The van der Waals surface area contributed by atoms with Gasteiger partial charge >= 0.3 is 0 Å². The highest BCUT2D eigenvalue weighted by molar-refractivity contribution is 5.51. The molecule has 0 bridgehead atoms. The molecular weight excluding hydrogens is 265 g/mol. The summed E-state index contributed by atoms with van der Waals surface area (Å²) in [5.74, 6) is -0.256. The number of hydrogen-bond acceptors (Lipinski definition) is 2. The van der Waals surface area contributed by atoms with Gasteiger partial charge < -0.3 is 10.3 Å². The molecule has 0 atom stereocenters. The normalized spacial score (nSPS) is 10.5. The number of anilines is 1. The third-order valence-electron chi connectivity index (χ3n) is 3.66. The van der Waals surface area contributed by atoms with Crippen LogP contribution in [0.2, 0.25) is 0 Å². The Morgan fingerprint density at radius 2 is 2.05 bits per heavy atom. The molecular formula is C17H20FN3. The van der Waals surface area contributed by atoms with Crippen molar-refractivity contribution in [3.8, 4) is 6.07 Å². The van der Waals surface area contributed by atoms with Crippen LogP contribution in [0.25, 0.3) is 0 Å². The first-order valence-corrected chi connectivity index (χ1v) is 7.28. The van der Waals surface area contributed by atoms with Crippen LogP contribution in [0.5, 0.6) is 0 Å². The summed E-state index contributed by atoms with van der Waals surface area (Å²) in [5.41, 5.74) is 8.64. The highest BCUT2D eigenvalue weighted by Gasteiger charge is 2.14. The second kappa shape index (κ2) is 6.94. The van der Waals surface area contributed by atoms with Crippen molar-refractivity contribution < 1.29 is 4.39 Å². The molecule has 1 aromatic carbocycles. The van der Waals surface area contributed by atoms with Gasteiger partial charge in [0.1, 0.15) is 17.6 Å². The van der Waals surface area contributed by atoms with Crippen molar-refractivity contribution in [2.45, 2.75) is 39.2 Å². The topological polar surface area (TPSA) is 54.7 Å². The van der Waals surface area contributed by atoms with Crippen LogP contribution in [0.15, 0.2) is 30.3 Å². The number of unbranched alkanes of at least 4 members (excludes halogenated alkanes) is 2. The Bertz CT molecular complexity index is 653. The molecule has 0 saturated carbocycles. The van der Waals surface area contributed by atoms with Crippen LogP contribution >= 0.6 is 0 Å². The van der Waals surface area contributed by atoms with Gasteiger partial charge in [0.15, 0.2) is 0 Å². The minimum atomic E-state index is -0.256. The molecule has 0 saturated heterocycles. The summed E-state index contributed by atoms with van der Waals surface area (Å²) in [6.07, 6.45) is 4.08. The number of halogens is 1. The van der Waals surface area contributed by atoms with Gasteiger partial charge in [0.05, 0.1) is 12.2 Å². The first-order valence-electron chi connectivity index (χ1n) is 7.28. The van der Waals surface area contributed by atoms with E-state index in [1.54, 1.807) is 24.3 Å². The van der Waals surface area contributed by atoms with Gasteiger partial charge in [-0.25, -0.2) is 4.39 Å². The Morgan fingerprint density at radius 1 is 1.29 bits per heavy atom. The van der Waals surface area contributed by atoms with Crippen molar-refractivity contribution in [2.24, 2.45) is 0 Å². The molecule has 1 heterocycles. The number of benzene rings is 1. The Hall–Kier alpha value is -2.28. The molecule has 110 valence electrons. The molecule has 0 radical (unpaired) electrons. The minimum Gasteiger partial charge on any atom is -0.397 e. The maximum Gasteiger partial charge on any atom is 0.128 e. The summed E-state index contributed by atoms with van der Waals surface area (Å²) in [4.78, 5) is 0. The van der Waals surface area contributed by atoms with E-state index >= 15 is 0 Å². The SMILES string of the molecule is CCCCCc1c(N)cc(C#N)n1Cc1ccccc1F. The van der Waals surface area contributed by atoms with Crippen molar-refractivity contribution in [2.75, 3.05) is 5.73 Å². The molecule has 2 aromatic rings. The lowest BCUT2D eigenvalue weighted by Crippen LogP contribution is -2.09. The number of hydrogen-bond donors (Lipinski definition) is 1. The lowest BCUT2D eigenvalue weighted by molar-refractivity contribution is 0.591. The third-order valence-corrected chi connectivity index (χ3v) is 3.66. The van der Waals surface area contributed by atoms with Gasteiger partial charge in [0, 0.05) is 11.3 Å². The second-order valence-corrected chi connectivity index (χ2v) is 5.18. The fraction of sp³-hybridized carbons (Fsp3) is 0.353. The number of nitrogens with zero attached hydrogens (tertiary/aromatic N) is 2. The molecule has 4 heteroatoms. The van der Waals surface area contributed by atoms with E-state index < -0.39 is 0 Å². The number of nitriles is 1. The van der Waals surface area contributed by atoms with Crippen LogP contribution in [0, 0.1) is 17.1 Å². The van der Waals surface area contributed by atoms with E-state index in [4.69, 9.17) is 5.73 Å². The van der Waals surface area contributed by atoms with E-state index in [0.29, 0.717) is 23.5 Å². The monoisotopic (exact) mass is 285 g/mol. The van der Waals surface area contributed by atoms with Crippen molar-refractivity contribution in [3.63, 3.8) is 0 Å². The van der Waals surface area contributed by atoms with Crippen molar-refractivity contribution in [1.29, 1.82) is 5.26 Å². The lowest BCUT2D eigenvalue weighted by atomic mass is 10.1. The van der Waals surface area contributed by atoms with Crippen LogP contribution in [-0.2, 0) is 13.0 Å². The highest BCUT2D eigenvalue weighted by Crippen LogP contribution is 2.23. The summed E-state index contributed by atoms with van der Waals surface area (Å²) in [7, 11) is 0. The molecule has 3 nitrogen and oxygen atoms in total. The molecule has 2 rings (SSSR count). The summed E-state index contributed by atoms with van der Waals surface area (Å²) in [5, 5.41) is 9.25. The zero-order chi connectivity index (χ0) is 15.2. The predicted molar refractivity (Wildman–Crippen MR) is 82.3 cm³/mol. The van der Waals surface area contributed by atoms with E-state index in [9.17, 15) is 9.65 Å². The maximum absolute atomic E-state index is 13.8. The zero-order valence-corrected chi connectivity index (χ0v) is 12.3.